The Morgan fingerprint density at radius 1 is 1.17 bits per heavy atom. The molecule has 1 saturated carbocycles. The summed E-state index contributed by atoms with van der Waals surface area (Å²) in [5.41, 5.74) is 3.71. The first-order chi connectivity index (χ1) is 11.5. The van der Waals surface area contributed by atoms with Gasteiger partial charge in [0.15, 0.2) is 0 Å². The zero-order chi connectivity index (χ0) is 16.9. The highest BCUT2D eigenvalue weighted by Crippen LogP contribution is 2.68. The van der Waals surface area contributed by atoms with E-state index in [1.807, 2.05) is 6.21 Å². The number of hydrogen-bond acceptors (Lipinski definition) is 3. The van der Waals surface area contributed by atoms with Gasteiger partial charge in [-0.2, -0.15) is 0 Å². The summed E-state index contributed by atoms with van der Waals surface area (Å²) in [4.78, 5) is 15.5. The molecule has 2 aromatic carbocycles. The Kier molecular flexibility index (Phi) is 3.14. The minimum Gasteiger partial charge on any atom is -0.281 e. The van der Waals surface area contributed by atoms with Gasteiger partial charge in [-0.3, -0.25) is 15.1 Å². The molecular weight excluding hydrogens is 300 g/mol. The van der Waals surface area contributed by atoms with Crippen LogP contribution in [0.2, 0.25) is 0 Å². The van der Waals surface area contributed by atoms with E-state index in [9.17, 15) is 10.1 Å². The second kappa shape index (κ2) is 5.00. The maximum absolute atomic E-state index is 10.8. The lowest BCUT2D eigenvalue weighted by Gasteiger charge is -2.35. The molecule has 2 aliphatic rings. The van der Waals surface area contributed by atoms with Crippen molar-refractivity contribution in [3.05, 3.63) is 75.3 Å². The van der Waals surface area contributed by atoms with E-state index in [-0.39, 0.29) is 21.6 Å². The van der Waals surface area contributed by atoms with Crippen LogP contribution in [0, 0.1) is 15.5 Å². The van der Waals surface area contributed by atoms with Crippen molar-refractivity contribution in [3.8, 4) is 0 Å². The second-order valence-corrected chi connectivity index (χ2v) is 7.37. The van der Waals surface area contributed by atoms with Crippen LogP contribution in [-0.2, 0) is 5.54 Å². The van der Waals surface area contributed by atoms with Gasteiger partial charge < -0.3 is 0 Å². The van der Waals surface area contributed by atoms with Gasteiger partial charge in [-0.1, -0.05) is 38.1 Å². The van der Waals surface area contributed by atoms with Crippen LogP contribution in [0.15, 0.2) is 53.5 Å². The summed E-state index contributed by atoms with van der Waals surface area (Å²) in [6.07, 6.45) is 4.11. The number of nitro benzene ring substituents is 1. The molecule has 0 aromatic heterocycles. The molecule has 4 nitrogen and oxygen atoms in total. The molecule has 1 fully saturated rings. The molecular formula is C20H20N2O2. The van der Waals surface area contributed by atoms with Crippen LogP contribution in [0.1, 0.15) is 49.3 Å². The molecule has 0 saturated heterocycles. The number of benzene rings is 2. The topological polar surface area (TPSA) is 55.5 Å². The quantitative estimate of drug-likeness (QED) is 0.462. The molecule has 2 aromatic rings. The lowest BCUT2D eigenvalue weighted by atomic mass is 9.74. The van der Waals surface area contributed by atoms with Crippen molar-refractivity contribution in [3.63, 3.8) is 0 Å². The average molecular weight is 320 g/mol. The fraction of sp³-hybridized carbons (Fsp3) is 0.350. The number of hydrogen-bond donors (Lipinski definition) is 0. The number of aliphatic imine (C=N–C) groups is 1. The van der Waals surface area contributed by atoms with E-state index in [0.717, 1.165) is 12.0 Å². The summed E-state index contributed by atoms with van der Waals surface area (Å²) in [5.74, 6) is 0.558. The van der Waals surface area contributed by atoms with Gasteiger partial charge in [0.05, 0.1) is 10.5 Å². The van der Waals surface area contributed by atoms with E-state index in [0.29, 0.717) is 5.92 Å². The number of nitrogens with zero attached hydrogens (tertiary/aromatic N) is 2. The Labute approximate surface area is 141 Å². The van der Waals surface area contributed by atoms with E-state index in [2.05, 4.69) is 38.1 Å². The molecule has 4 rings (SSSR count). The Bertz CT molecular complexity index is 839. The Morgan fingerprint density at radius 2 is 1.88 bits per heavy atom. The first kappa shape index (κ1) is 15.1. The van der Waals surface area contributed by atoms with Crippen LogP contribution in [0.25, 0.3) is 0 Å². The van der Waals surface area contributed by atoms with Gasteiger partial charge in [0, 0.05) is 23.8 Å². The predicted octanol–water partition coefficient (Wildman–Crippen LogP) is 4.83. The van der Waals surface area contributed by atoms with Crippen LogP contribution in [0.4, 0.5) is 5.69 Å². The molecule has 0 amide bonds. The monoisotopic (exact) mass is 320 g/mol. The van der Waals surface area contributed by atoms with E-state index >= 15 is 0 Å². The van der Waals surface area contributed by atoms with Gasteiger partial charge in [-0.25, -0.2) is 0 Å². The van der Waals surface area contributed by atoms with E-state index in [1.54, 1.807) is 12.1 Å². The van der Waals surface area contributed by atoms with Crippen LogP contribution in [0.5, 0.6) is 0 Å². The third-order valence-electron chi connectivity index (χ3n) is 6.05. The van der Waals surface area contributed by atoms with Crippen molar-refractivity contribution in [2.75, 3.05) is 0 Å². The molecule has 0 radical (unpaired) electrons. The van der Waals surface area contributed by atoms with E-state index in [4.69, 9.17) is 4.99 Å². The van der Waals surface area contributed by atoms with Gasteiger partial charge >= 0.3 is 0 Å². The molecule has 0 N–H and O–H groups in total. The molecule has 0 heterocycles. The van der Waals surface area contributed by atoms with E-state index in [1.165, 1.54) is 29.7 Å². The minimum atomic E-state index is -0.377. The SMILES string of the molecule is CC1(C)C2CCC1(N=Cc1ccc([N+](=O)[O-])cc1)c1ccccc12. The average Bonchev–Trinajstić information content (AvgIpc) is 2.95. The normalized spacial score (nSPS) is 26.7. The minimum absolute atomic E-state index is 0.0912. The zero-order valence-electron chi connectivity index (χ0n) is 13.9. The molecule has 2 atom stereocenters. The van der Waals surface area contributed by atoms with Crippen molar-refractivity contribution in [1.82, 2.24) is 0 Å². The lowest BCUT2D eigenvalue weighted by Crippen LogP contribution is -2.33. The van der Waals surface area contributed by atoms with Crippen molar-refractivity contribution < 1.29 is 4.92 Å². The molecule has 4 heteroatoms. The third-order valence-corrected chi connectivity index (χ3v) is 6.05. The molecule has 24 heavy (non-hydrogen) atoms. The highest BCUT2D eigenvalue weighted by Gasteiger charge is 2.61. The Hall–Kier alpha value is -2.49. The highest BCUT2D eigenvalue weighted by molar-refractivity contribution is 5.81. The van der Waals surface area contributed by atoms with Gasteiger partial charge in [-0.15, -0.1) is 0 Å². The highest BCUT2D eigenvalue weighted by atomic mass is 16.6. The number of rotatable bonds is 3. The first-order valence-corrected chi connectivity index (χ1v) is 8.35. The predicted molar refractivity (Wildman–Crippen MR) is 94.6 cm³/mol. The largest absolute Gasteiger partial charge is 0.281 e. The Balaban J connectivity index is 1.74. The van der Waals surface area contributed by atoms with Gasteiger partial charge in [0.1, 0.15) is 0 Å². The van der Waals surface area contributed by atoms with Crippen LogP contribution < -0.4 is 0 Å². The van der Waals surface area contributed by atoms with Gasteiger partial charge in [0.2, 0.25) is 0 Å². The summed E-state index contributed by atoms with van der Waals surface area (Å²) in [6.45, 7) is 4.63. The summed E-state index contributed by atoms with van der Waals surface area (Å²) in [6, 6.07) is 15.3. The summed E-state index contributed by atoms with van der Waals surface area (Å²) < 4.78 is 0. The number of non-ortho nitro benzene ring substituents is 1. The molecule has 2 aliphatic carbocycles. The maximum Gasteiger partial charge on any atom is 0.269 e. The summed E-state index contributed by atoms with van der Waals surface area (Å²) >= 11 is 0. The summed E-state index contributed by atoms with van der Waals surface area (Å²) in [7, 11) is 0. The fourth-order valence-corrected chi connectivity index (χ4v) is 4.70. The number of nitro groups is 1. The fourth-order valence-electron chi connectivity index (χ4n) is 4.70. The first-order valence-electron chi connectivity index (χ1n) is 8.35. The van der Waals surface area contributed by atoms with Crippen LogP contribution in [0.3, 0.4) is 0 Å². The number of fused-ring (bicyclic) bond motifs is 5. The van der Waals surface area contributed by atoms with Crippen molar-refractivity contribution in [2.24, 2.45) is 10.4 Å². The zero-order valence-corrected chi connectivity index (χ0v) is 13.9. The smallest absolute Gasteiger partial charge is 0.269 e. The van der Waals surface area contributed by atoms with Crippen LogP contribution in [-0.4, -0.2) is 11.1 Å². The lowest BCUT2D eigenvalue weighted by molar-refractivity contribution is -0.384. The standard InChI is InChI=1S/C20H20N2O2/c1-19(2)17-11-12-20(19,18-6-4-3-5-16(17)18)21-13-14-7-9-15(10-8-14)22(23)24/h3-10,13,17H,11-12H2,1-2H3. The molecule has 0 spiro atoms. The summed E-state index contributed by atoms with van der Waals surface area (Å²) in [5, 5.41) is 10.8. The third kappa shape index (κ3) is 1.89. The molecule has 2 unspecified atom stereocenters. The van der Waals surface area contributed by atoms with Crippen LogP contribution >= 0.6 is 0 Å². The van der Waals surface area contributed by atoms with Crippen molar-refractivity contribution in [1.29, 1.82) is 0 Å². The second-order valence-electron chi connectivity index (χ2n) is 7.37. The van der Waals surface area contributed by atoms with Gasteiger partial charge in [-0.05, 0) is 47.6 Å². The molecule has 122 valence electrons. The van der Waals surface area contributed by atoms with Crippen molar-refractivity contribution in [2.45, 2.75) is 38.1 Å². The maximum atomic E-state index is 10.8. The molecule has 2 bridgehead atoms. The Morgan fingerprint density at radius 3 is 2.58 bits per heavy atom. The van der Waals surface area contributed by atoms with Crippen molar-refractivity contribution >= 4 is 11.9 Å². The van der Waals surface area contributed by atoms with E-state index < -0.39 is 0 Å². The molecule has 0 aliphatic heterocycles. The van der Waals surface area contributed by atoms with Gasteiger partial charge in [0.25, 0.3) is 5.69 Å².